The van der Waals surface area contributed by atoms with Gasteiger partial charge >= 0.3 is 0 Å². The van der Waals surface area contributed by atoms with Gasteiger partial charge < -0.3 is 5.32 Å². The van der Waals surface area contributed by atoms with Gasteiger partial charge in [0.15, 0.2) is 0 Å². The van der Waals surface area contributed by atoms with Gasteiger partial charge in [-0.05, 0) is 23.8 Å². The quantitative estimate of drug-likeness (QED) is 0.804. The lowest BCUT2D eigenvalue weighted by molar-refractivity contribution is 0.0963. The lowest BCUT2D eigenvalue weighted by Gasteiger charge is -2.07. The van der Waals surface area contributed by atoms with Crippen LogP contribution in [0.5, 0.6) is 0 Å². The van der Waals surface area contributed by atoms with Gasteiger partial charge in [0.1, 0.15) is 0 Å². The Morgan fingerprint density at radius 3 is 2.77 bits per heavy atom. The molecule has 0 atom stereocenters. The second-order valence-corrected chi connectivity index (χ2v) is 5.19. The molecule has 1 amide bonds. The van der Waals surface area contributed by atoms with Crippen molar-refractivity contribution in [1.29, 1.82) is 0 Å². The zero-order chi connectivity index (χ0) is 15.5. The third-order valence-corrected chi connectivity index (χ3v) is 3.70. The second kappa shape index (κ2) is 6.03. The maximum atomic E-state index is 11.6. The molecular formula is C17H14ClN3O. The maximum absolute atomic E-state index is 11.6. The van der Waals surface area contributed by atoms with Gasteiger partial charge in [0.2, 0.25) is 0 Å². The fourth-order valence-corrected chi connectivity index (χ4v) is 2.48. The van der Waals surface area contributed by atoms with Crippen molar-refractivity contribution in [3.8, 4) is 16.8 Å². The van der Waals surface area contributed by atoms with Crippen LogP contribution in [0.4, 0.5) is 0 Å². The molecule has 5 heteroatoms. The number of hydrogen-bond acceptors (Lipinski definition) is 2. The van der Waals surface area contributed by atoms with Gasteiger partial charge in [-0.2, -0.15) is 5.10 Å². The fraction of sp³-hybridized carbons (Fsp3) is 0.0588. The van der Waals surface area contributed by atoms with Crippen molar-refractivity contribution in [3.05, 3.63) is 71.5 Å². The van der Waals surface area contributed by atoms with E-state index in [0.29, 0.717) is 10.6 Å². The number of rotatable bonds is 3. The van der Waals surface area contributed by atoms with Crippen LogP contribution in [-0.2, 0) is 0 Å². The van der Waals surface area contributed by atoms with E-state index < -0.39 is 0 Å². The van der Waals surface area contributed by atoms with Crippen LogP contribution >= 0.6 is 11.6 Å². The van der Waals surface area contributed by atoms with Gasteiger partial charge in [0.05, 0.1) is 17.4 Å². The summed E-state index contributed by atoms with van der Waals surface area (Å²) in [5, 5.41) is 7.52. The molecule has 4 nitrogen and oxygen atoms in total. The van der Waals surface area contributed by atoms with E-state index in [-0.39, 0.29) is 5.91 Å². The van der Waals surface area contributed by atoms with Crippen molar-refractivity contribution < 1.29 is 4.79 Å². The summed E-state index contributed by atoms with van der Waals surface area (Å²) in [5.41, 5.74) is 3.35. The first-order valence-corrected chi connectivity index (χ1v) is 7.19. The Hall–Kier alpha value is -2.59. The molecule has 0 aliphatic rings. The highest BCUT2D eigenvalue weighted by molar-refractivity contribution is 6.33. The van der Waals surface area contributed by atoms with Crippen molar-refractivity contribution in [2.45, 2.75) is 0 Å². The number of halogens is 1. The molecule has 22 heavy (non-hydrogen) atoms. The number of nitrogens with one attached hydrogen (secondary N) is 1. The summed E-state index contributed by atoms with van der Waals surface area (Å²) in [7, 11) is 1.59. The number of carbonyl (C=O) groups excluding carboxylic acids is 1. The van der Waals surface area contributed by atoms with E-state index in [1.54, 1.807) is 24.1 Å². The van der Waals surface area contributed by atoms with Gasteiger partial charge in [-0.25, -0.2) is 4.68 Å². The third kappa shape index (κ3) is 2.73. The largest absolute Gasteiger partial charge is 0.355 e. The summed E-state index contributed by atoms with van der Waals surface area (Å²) in [4.78, 5) is 11.6. The summed E-state index contributed by atoms with van der Waals surface area (Å²) < 4.78 is 1.67. The Bertz CT molecular complexity index is 826. The monoisotopic (exact) mass is 311 g/mol. The molecule has 0 saturated carbocycles. The average Bonchev–Trinajstić information content (AvgIpc) is 3.05. The number of nitrogens with zero attached hydrogens (tertiary/aromatic N) is 2. The number of amides is 1. The van der Waals surface area contributed by atoms with Crippen molar-refractivity contribution >= 4 is 17.5 Å². The minimum atomic E-state index is -0.159. The molecule has 0 spiro atoms. The Labute approximate surface area is 133 Å². The molecule has 0 unspecified atom stereocenters. The van der Waals surface area contributed by atoms with Crippen LogP contribution in [0.15, 0.2) is 60.9 Å². The van der Waals surface area contributed by atoms with E-state index in [9.17, 15) is 4.79 Å². The molecule has 0 radical (unpaired) electrons. The molecule has 0 aliphatic heterocycles. The van der Waals surface area contributed by atoms with E-state index >= 15 is 0 Å². The predicted molar refractivity (Wildman–Crippen MR) is 87.4 cm³/mol. The molecule has 1 heterocycles. The first-order chi connectivity index (χ1) is 10.7. The highest BCUT2D eigenvalue weighted by Gasteiger charge is 2.09. The minimum absolute atomic E-state index is 0.159. The summed E-state index contributed by atoms with van der Waals surface area (Å²) in [6.07, 6.45) is 3.24. The van der Waals surface area contributed by atoms with E-state index in [1.165, 1.54) is 0 Å². The maximum Gasteiger partial charge on any atom is 0.254 e. The van der Waals surface area contributed by atoms with Gasteiger partial charge in [0.25, 0.3) is 5.91 Å². The smallest absolute Gasteiger partial charge is 0.254 e. The standard InChI is InChI=1S/C17H14ClN3O/c1-19-17(22)13-10-20-21(11-13)14-6-4-5-12(9-14)15-7-2-3-8-16(15)18/h2-11H,1H3,(H,19,22). The third-order valence-electron chi connectivity index (χ3n) is 3.37. The zero-order valence-electron chi connectivity index (χ0n) is 12.0. The van der Waals surface area contributed by atoms with Crippen molar-refractivity contribution in [2.24, 2.45) is 0 Å². The number of carbonyl (C=O) groups is 1. The summed E-state index contributed by atoms with van der Waals surface area (Å²) in [6.45, 7) is 0. The second-order valence-electron chi connectivity index (χ2n) is 4.78. The Balaban J connectivity index is 2.00. The van der Waals surface area contributed by atoms with Crippen LogP contribution < -0.4 is 5.32 Å². The van der Waals surface area contributed by atoms with E-state index in [0.717, 1.165) is 16.8 Å². The fourth-order valence-electron chi connectivity index (χ4n) is 2.24. The summed E-state index contributed by atoms with van der Waals surface area (Å²) in [5.74, 6) is -0.159. The minimum Gasteiger partial charge on any atom is -0.355 e. The SMILES string of the molecule is CNC(=O)c1cnn(-c2cccc(-c3ccccc3Cl)c2)c1. The molecular weight excluding hydrogens is 298 g/mol. The van der Waals surface area contributed by atoms with Crippen LogP contribution in [0.3, 0.4) is 0 Å². The lowest BCUT2D eigenvalue weighted by Crippen LogP contribution is -2.16. The lowest BCUT2D eigenvalue weighted by atomic mass is 10.1. The molecule has 0 saturated heterocycles. The van der Waals surface area contributed by atoms with Crippen LogP contribution in [0.2, 0.25) is 5.02 Å². The van der Waals surface area contributed by atoms with Gasteiger partial charge in [-0.3, -0.25) is 4.79 Å². The van der Waals surface area contributed by atoms with E-state index in [1.807, 2.05) is 48.5 Å². The van der Waals surface area contributed by atoms with Gasteiger partial charge in [-0.15, -0.1) is 0 Å². The highest BCUT2D eigenvalue weighted by Crippen LogP contribution is 2.28. The Kier molecular flexibility index (Phi) is 3.94. The average molecular weight is 312 g/mol. The van der Waals surface area contributed by atoms with Crippen molar-refractivity contribution in [3.63, 3.8) is 0 Å². The van der Waals surface area contributed by atoms with Crippen LogP contribution in [-0.4, -0.2) is 22.7 Å². The molecule has 3 rings (SSSR count). The van der Waals surface area contributed by atoms with Crippen molar-refractivity contribution in [1.82, 2.24) is 15.1 Å². The zero-order valence-corrected chi connectivity index (χ0v) is 12.7. The first kappa shape index (κ1) is 14.4. The molecule has 3 aromatic rings. The molecule has 1 aromatic heterocycles. The predicted octanol–water partition coefficient (Wildman–Crippen LogP) is 3.55. The summed E-state index contributed by atoms with van der Waals surface area (Å²) >= 11 is 6.25. The van der Waals surface area contributed by atoms with Crippen LogP contribution in [0, 0.1) is 0 Å². The molecule has 1 N–H and O–H groups in total. The first-order valence-electron chi connectivity index (χ1n) is 6.81. The van der Waals surface area contributed by atoms with Crippen LogP contribution in [0.25, 0.3) is 16.8 Å². The molecule has 2 aromatic carbocycles. The normalized spacial score (nSPS) is 10.5. The molecule has 110 valence electrons. The number of aromatic nitrogens is 2. The molecule has 0 bridgehead atoms. The van der Waals surface area contributed by atoms with Gasteiger partial charge in [-0.1, -0.05) is 41.9 Å². The Morgan fingerprint density at radius 2 is 2.00 bits per heavy atom. The van der Waals surface area contributed by atoms with Crippen molar-refractivity contribution in [2.75, 3.05) is 7.05 Å². The topological polar surface area (TPSA) is 46.9 Å². The van der Waals surface area contributed by atoms with E-state index in [4.69, 9.17) is 11.6 Å². The number of benzene rings is 2. The Morgan fingerprint density at radius 1 is 1.18 bits per heavy atom. The molecule has 0 fully saturated rings. The van der Waals surface area contributed by atoms with Crippen LogP contribution in [0.1, 0.15) is 10.4 Å². The summed E-state index contributed by atoms with van der Waals surface area (Å²) in [6, 6.07) is 15.5. The number of hydrogen-bond donors (Lipinski definition) is 1. The van der Waals surface area contributed by atoms with E-state index in [2.05, 4.69) is 10.4 Å². The highest BCUT2D eigenvalue weighted by atomic mass is 35.5. The van der Waals surface area contributed by atoms with Gasteiger partial charge in [0, 0.05) is 23.8 Å². The molecule has 0 aliphatic carbocycles.